The molecule has 0 aromatic heterocycles. The van der Waals surface area contributed by atoms with Gasteiger partial charge in [-0.1, -0.05) is 12.1 Å². The predicted octanol–water partition coefficient (Wildman–Crippen LogP) is 2.09. The summed E-state index contributed by atoms with van der Waals surface area (Å²) >= 11 is 0. The summed E-state index contributed by atoms with van der Waals surface area (Å²) in [5.74, 6) is 0.816. The van der Waals surface area contributed by atoms with Crippen molar-refractivity contribution in [2.45, 2.75) is 6.54 Å². The minimum Gasteiger partial charge on any atom is -0.497 e. The zero-order valence-corrected chi connectivity index (χ0v) is 15.2. The average molecular weight is 368 g/mol. The first-order valence-electron chi connectivity index (χ1n) is 8.68. The zero-order chi connectivity index (χ0) is 19.0. The van der Waals surface area contributed by atoms with Gasteiger partial charge in [0.05, 0.1) is 25.0 Å². The van der Waals surface area contributed by atoms with Crippen molar-refractivity contribution in [3.63, 3.8) is 0 Å². The van der Waals surface area contributed by atoms with Crippen LogP contribution in [0.5, 0.6) is 17.2 Å². The van der Waals surface area contributed by atoms with Crippen molar-refractivity contribution >= 4 is 17.4 Å². The number of ether oxygens (including phenoxy) is 3. The van der Waals surface area contributed by atoms with Crippen LogP contribution in [-0.4, -0.2) is 50.6 Å². The van der Waals surface area contributed by atoms with E-state index in [0.29, 0.717) is 49.2 Å². The third-order valence-corrected chi connectivity index (χ3v) is 4.63. The third kappa shape index (κ3) is 3.21. The van der Waals surface area contributed by atoms with Crippen LogP contribution >= 0.6 is 0 Å². The smallest absolute Gasteiger partial charge is 0.300 e. The molecule has 0 fully saturated rings. The number of ketones is 1. The molecular weight excluding hydrogens is 348 g/mol. The predicted molar refractivity (Wildman–Crippen MR) is 98.6 cm³/mol. The monoisotopic (exact) mass is 368 g/mol. The first-order chi connectivity index (χ1) is 13.1. The summed E-state index contributed by atoms with van der Waals surface area (Å²) in [5.41, 5.74) is 2.01. The normalized spacial score (nSPS) is 15.3. The fourth-order valence-electron chi connectivity index (χ4n) is 3.30. The number of rotatable bonds is 5. The maximum Gasteiger partial charge on any atom is 0.300 e. The molecule has 2 aromatic rings. The number of Topliss-reactive ketones (excluding diaryl/α,β-unsaturated/α-hetero) is 1. The van der Waals surface area contributed by atoms with Gasteiger partial charge in [0.1, 0.15) is 19.0 Å². The molecule has 2 aliphatic heterocycles. The van der Waals surface area contributed by atoms with Crippen molar-refractivity contribution in [3.8, 4) is 17.2 Å². The highest BCUT2D eigenvalue weighted by Crippen LogP contribution is 2.40. The SMILES string of the molecule is COc1ccc(CN(C)CN2C(=O)C(=O)c3cc4c(cc32)OCCO4)cc1. The fourth-order valence-corrected chi connectivity index (χ4v) is 3.30. The molecule has 0 bridgehead atoms. The number of hydrogen-bond donors (Lipinski definition) is 0. The Bertz CT molecular complexity index is 894. The van der Waals surface area contributed by atoms with Gasteiger partial charge >= 0.3 is 5.91 Å². The van der Waals surface area contributed by atoms with Gasteiger partial charge in [-0.15, -0.1) is 0 Å². The van der Waals surface area contributed by atoms with Gasteiger partial charge in [0.15, 0.2) is 11.5 Å². The molecule has 0 N–H and O–H groups in total. The molecule has 2 aromatic carbocycles. The molecule has 0 aliphatic carbocycles. The quantitative estimate of drug-likeness (QED) is 0.753. The van der Waals surface area contributed by atoms with E-state index in [0.717, 1.165) is 11.3 Å². The second kappa shape index (κ2) is 6.92. The van der Waals surface area contributed by atoms with E-state index in [-0.39, 0.29) is 0 Å². The second-order valence-corrected chi connectivity index (χ2v) is 6.58. The summed E-state index contributed by atoms with van der Waals surface area (Å²) in [7, 11) is 3.53. The van der Waals surface area contributed by atoms with Crippen molar-refractivity contribution in [1.29, 1.82) is 0 Å². The largest absolute Gasteiger partial charge is 0.497 e. The van der Waals surface area contributed by atoms with Crippen molar-refractivity contribution in [1.82, 2.24) is 4.90 Å². The van der Waals surface area contributed by atoms with E-state index in [4.69, 9.17) is 14.2 Å². The topological polar surface area (TPSA) is 68.3 Å². The van der Waals surface area contributed by atoms with Crippen molar-refractivity contribution in [2.75, 3.05) is 38.9 Å². The molecule has 7 heteroatoms. The van der Waals surface area contributed by atoms with Crippen LogP contribution in [0.2, 0.25) is 0 Å². The van der Waals surface area contributed by atoms with Crippen LogP contribution in [0, 0.1) is 0 Å². The van der Waals surface area contributed by atoms with Gasteiger partial charge in [0.25, 0.3) is 5.78 Å². The highest BCUT2D eigenvalue weighted by atomic mass is 16.6. The highest BCUT2D eigenvalue weighted by molar-refractivity contribution is 6.52. The van der Waals surface area contributed by atoms with Gasteiger partial charge in [-0.25, -0.2) is 0 Å². The maximum atomic E-state index is 12.5. The average Bonchev–Trinajstić information content (AvgIpc) is 2.91. The number of methoxy groups -OCH3 is 1. The van der Waals surface area contributed by atoms with Crippen LogP contribution in [-0.2, 0) is 11.3 Å². The summed E-state index contributed by atoms with van der Waals surface area (Å²) in [6, 6.07) is 11.1. The van der Waals surface area contributed by atoms with E-state index >= 15 is 0 Å². The first kappa shape index (κ1) is 17.4. The summed E-state index contributed by atoms with van der Waals surface area (Å²) in [6.45, 7) is 1.80. The van der Waals surface area contributed by atoms with Gasteiger partial charge in [0.2, 0.25) is 0 Å². The summed E-state index contributed by atoms with van der Waals surface area (Å²) in [5, 5.41) is 0. The fraction of sp³-hybridized carbons (Fsp3) is 0.300. The Balaban J connectivity index is 1.53. The molecule has 4 rings (SSSR count). The molecular formula is C20H20N2O5. The van der Waals surface area contributed by atoms with Crippen LogP contribution in [0.15, 0.2) is 36.4 Å². The Kier molecular flexibility index (Phi) is 4.45. The van der Waals surface area contributed by atoms with Crippen LogP contribution in [0.4, 0.5) is 5.69 Å². The third-order valence-electron chi connectivity index (χ3n) is 4.63. The molecule has 0 saturated carbocycles. The molecule has 0 saturated heterocycles. The number of nitrogens with zero attached hydrogens (tertiary/aromatic N) is 2. The molecule has 7 nitrogen and oxygen atoms in total. The number of carbonyl (C=O) groups excluding carboxylic acids is 2. The lowest BCUT2D eigenvalue weighted by Crippen LogP contribution is -2.38. The van der Waals surface area contributed by atoms with Crippen LogP contribution in [0.1, 0.15) is 15.9 Å². The first-order valence-corrected chi connectivity index (χ1v) is 8.68. The van der Waals surface area contributed by atoms with Crippen LogP contribution in [0.3, 0.4) is 0 Å². The Morgan fingerprint density at radius 1 is 1.07 bits per heavy atom. The lowest BCUT2D eigenvalue weighted by molar-refractivity contribution is -0.114. The van der Waals surface area contributed by atoms with E-state index < -0.39 is 11.7 Å². The van der Waals surface area contributed by atoms with Gasteiger partial charge in [-0.3, -0.25) is 19.4 Å². The minimum atomic E-state index is -0.533. The number of fused-ring (bicyclic) bond motifs is 2. The van der Waals surface area contributed by atoms with Crippen LogP contribution < -0.4 is 19.1 Å². The summed E-state index contributed by atoms with van der Waals surface area (Å²) in [4.78, 5) is 28.3. The van der Waals surface area contributed by atoms with E-state index in [1.165, 1.54) is 4.90 Å². The number of benzene rings is 2. The zero-order valence-electron chi connectivity index (χ0n) is 15.2. The van der Waals surface area contributed by atoms with E-state index in [1.807, 2.05) is 36.2 Å². The van der Waals surface area contributed by atoms with Gasteiger partial charge < -0.3 is 14.2 Å². The molecule has 0 atom stereocenters. The van der Waals surface area contributed by atoms with Gasteiger partial charge in [-0.05, 0) is 30.8 Å². The van der Waals surface area contributed by atoms with E-state index in [1.54, 1.807) is 19.2 Å². The Labute approximate surface area is 157 Å². The molecule has 0 spiro atoms. The number of hydrogen-bond acceptors (Lipinski definition) is 6. The molecule has 0 radical (unpaired) electrons. The lowest BCUT2D eigenvalue weighted by Gasteiger charge is -2.25. The Morgan fingerprint density at radius 3 is 2.41 bits per heavy atom. The molecule has 2 heterocycles. The second-order valence-electron chi connectivity index (χ2n) is 6.58. The van der Waals surface area contributed by atoms with Crippen molar-refractivity contribution < 1.29 is 23.8 Å². The number of amides is 1. The van der Waals surface area contributed by atoms with Crippen molar-refractivity contribution in [2.24, 2.45) is 0 Å². The van der Waals surface area contributed by atoms with E-state index in [9.17, 15) is 9.59 Å². The molecule has 1 amide bonds. The Morgan fingerprint density at radius 2 is 1.74 bits per heavy atom. The number of anilines is 1. The molecule has 140 valence electrons. The molecule has 27 heavy (non-hydrogen) atoms. The maximum absolute atomic E-state index is 12.5. The summed E-state index contributed by atoms with van der Waals surface area (Å²) < 4.78 is 16.3. The lowest BCUT2D eigenvalue weighted by atomic mass is 10.1. The van der Waals surface area contributed by atoms with E-state index in [2.05, 4.69) is 0 Å². The molecule has 0 unspecified atom stereocenters. The number of carbonyl (C=O) groups is 2. The minimum absolute atomic E-state index is 0.295. The van der Waals surface area contributed by atoms with Crippen LogP contribution in [0.25, 0.3) is 0 Å². The highest BCUT2D eigenvalue weighted by Gasteiger charge is 2.38. The van der Waals surface area contributed by atoms with Crippen molar-refractivity contribution in [3.05, 3.63) is 47.5 Å². The molecule has 2 aliphatic rings. The summed E-state index contributed by atoms with van der Waals surface area (Å²) in [6.07, 6.45) is 0. The standard InChI is InChI=1S/C20H20N2O5/c1-21(11-13-3-5-14(25-2)6-4-13)12-22-16-10-18-17(26-7-8-27-18)9-15(16)19(23)20(22)24/h3-6,9-10H,7-8,11-12H2,1-2H3. The van der Waals surface area contributed by atoms with Gasteiger partial charge in [0, 0.05) is 12.6 Å². The Hall–Kier alpha value is -3.06. The van der Waals surface area contributed by atoms with Gasteiger partial charge in [-0.2, -0.15) is 0 Å².